The third kappa shape index (κ3) is 3.65. The predicted octanol–water partition coefficient (Wildman–Crippen LogP) is 3.99. The quantitative estimate of drug-likeness (QED) is 0.647. The van der Waals surface area contributed by atoms with Crippen molar-refractivity contribution in [2.75, 3.05) is 12.4 Å². The molecule has 1 aliphatic rings. The summed E-state index contributed by atoms with van der Waals surface area (Å²) < 4.78 is 10.5. The second-order valence-corrected chi connectivity index (χ2v) is 6.75. The summed E-state index contributed by atoms with van der Waals surface area (Å²) in [5, 5.41) is 3.14. The summed E-state index contributed by atoms with van der Waals surface area (Å²) in [6.45, 7) is 2.06. The lowest BCUT2D eigenvalue weighted by atomic mass is 10.0. The molecule has 29 heavy (non-hydrogen) atoms. The van der Waals surface area contributed by atoms with E-state index >= 15 is 0 Å². The number of aryl methyl sites for hydroxylation is 1. The van der Waals surface area contributed by atoms with Crippen LogP contribution in [0.4, 0.5) is 5.69 Å². The van der Waals surface area contributed by atoms with Crippen LogP contribution in [0, 0.1) is 6.92 Å². The average molecular weight is 388 g/mol. The molecular weight excluding hydrogens is 368 g/mol. The summed E-state index contributed by atoms with van der Waals surface area (Å²) in [5.74, 6) is 0.452. The highest BCUT2D eigenvalue weighted by Crippen LogP contribution is 2.32. The molecule has 146 valence electrons. The number of anilines is 1. The van der Waals surface area contributed by atoms with E-state index in [1.165, 1.54) is 11.2 Å². The van der Waals surface area contributed by atoms with E-state index in [0.717, 1.165) is 11.3 Å². The number of carbonyl (C=O) groups is 2. The van der Waals surface area contributed by atoms with Gasteiger partial charge >= 0.3 is 0 Å². The van der Waals surface area contributed by atoms with Crippen molar-refractivity contribution in [2.45, 2.75) is 13.5 Å². The Hall–Kier alpha value is -3.80. The van der Waals surface area contributed by atoms with Crippen LogP contribution in [0.1, 0.15) is 16.9 Å². The Labute approximate surface area is 168 Å². The van der Waals surface area contributed by atoms with Gasteiger partial charge in [0, 0.05) is 5.69 Å². The molecular formula is C23H20N2O4. The molecule has 0 atom stereocenters. The lowest BCUT2D eigenvalue weighted by molar-refractivity contribution is -0.137. The van der Waals surface area contributed by atoms with Gasteiger partial charge in [-0.15, -0.1) is 0 Å². The maximum absolute atomic E-state index is 13.2. The first kappa shape index (κ1) is 18.6. The fourth-order valence-corrected chi connectivity index (χ4v) is 3.20. The molecule has 0 saturated heterocycles. The Bertz CT molecular complexity index is 1070. The van der Waals surface area contributed by atoms with Gasteiger partial charge in [0.1, 0.15) is 17.2 Å². The van der Waals surface area contributed by atoms with Gasteiger partial charge in [0.2, 0.25) is 0 Å². The van der Waals surface area contributed by atoms with E-state index in [-0.39, 0.29) is 18.1 Å². The molecule has 4 rings (SSSR count). The smallest absolute Gasteiger partial charge is 0.278 e. The standard InChI is InChI=1S/C23H20N2O4/c1-15-5-9-17(10-6-15)24-21-20(16-7-11-18(28-2)12-8-16)22(26)25(23(21)27)14-19-4-3-13-29-19/h3-13,24H,14H2,1-2H3. The number of furan rings is 1. The Balaban J connectivity index is 1.74. The highest BCUT2D eigenvalue weighted by molar-refractivity contribution is 6.36. The molecule has 1 aliphatic heterocycles. The minimum atomic E-state index is -0.391. The van der Waals surface area contributed by atoms with Crippen LogP contribution in [0.15, 0.2) is 77.0 Å². The number of nitrogens with zero attached hydrogens (tertiary/aromatic N) is 1. The number of benzene rings is 2. The Morgan fingerprint density at radius 1 is 0.966 bits per heavy atom. The maximum atomic E-state index is 13.2. The van der Waals surface area contributed by atoms with Gasteiger partial charge in [-0.3, -0.25) is 14.5 Å². The van der Waals surface area contributed by atoms with Crippen molar-refractivity contribution in [1.82, 2.24) is 4.90 Å². The Morgan fingerprint density at radius 2 is 1.69 bits per heavy atom. The van der Waals surface area contributed by atoms with E-state index in [4.69, 9.17) is 9.15 Å². The Morgan fingerprint density at radius 3 is 2.31 bits per heavy atom. The largest absolute Gasteiger partial charge is 0.497 e. The zero-order valence-corrected chi connectivity index (χ0v) is 16.1. The van der Waals surface area contributed by atoms with Crippen LogP contribution in [-0.4, -0.2) is 23.8 Å². The summed E-state index contributed by atoms with van der Waals surface area (Å²) in [7, 11) is 1.58. The molecule has 0 aliphatic carbocycles. The number of amides is 2. The van der Waals surface area contributed by atoms with Gasteiger partial charge in [0.15, 0.2) is 0 Å². The maximum Gasteiger partial charge on any atom is 0.278 e. The first-order chi connectivity index (χ1) is 14.1. The fraction of sp³-hybridized carbons (Fsp3) is 0.130. The summed E-state index contributed by atoms with van der Waals surface area (Å²) in [6.07, 6.45) is 1.52. The zero-order chi connectivity index (χ0) is 20.4. The monoisotopic (exact) mass is 388 g/mol. The minimum Gasteiger partial charge on any atom is -0.497 e. The van der Waals surface area contributed by atoms with Crippen molar-refractivity contribution in [3.8, 4) is 5.75 Å². The van der Waals surface area contributed by atoms with Crippen LogP contribution in [0.25, 0.3) is 5.57 Å². The van der Waals surface area contributed by atoms with Crippen molar-refractivity contribution >= 4 is 23.1 Å². The Kier molecular flexibility index (Phi) is 4.91. The number of ether oxygens (including phenoxy) is 1. The molecule has 2 aromatic carbocycles. The van der Waals surface area contributed by atoms with Gasteiger partial charge < -0.3 is 14.5 Å². The number of imide groups is 1. The topological polar surface area (TPSA) is 71.8 Å². The molecule has 2 amide bonds. The van der Waals surface area contributed by atoms with Crippen LogP contribution in [-0.2, 0) is 16.1 Å². The van der Waals surface area contributed by atoms with Crippen molar-refractivity contribution in [3.63, 3.8) is 0 Å². The van der Waals surface area contributed by atoms with E-state index in [9.17, 15) is 9.59 Å². The first-order valence-corrected chi connectivity index (χ1v) is 9.18. The summed E-state index contributed by atoms with van der Waals surface area (Å²) >= 11 is 0. The van der Waals surface area contributed by atoms with Gasteiger partial charge in [-0.1, -0.05) is 29.8 Å². The molecule has 3 aromatic rings. The van der Waals surface area contributed by atoms with E-state index < -0.39 is 5.91 Å². The van der Waals surface area contributed by atoms with Gasteiger partial charge in [-0.05, 0) is 48.9 Å². The number of methoxy groups -OCH3 is 1. The predicted molar refractivity (Wildman–Crippen MR) is 109 cm³/mol. The van der Waals surface area contributed by atoms with Gasteiger partial charge in [0.25, 0.3) is 11.8 Å². The van der Waals surface area contributed by atoms with Gasteiger partial charge in [-0.2, -0.15) is 0 Å². The van der Waals surface area contributed by atoms with Crippen LogP contribution in [0.3, 0.4) is 0 Å². The normalized spacial score (nSPS) is 13.9. The average Bonchev–Trinajstić information content (AvgIpc) is 3.33. The van der Waals surface area contributed by atoms with E-state index in [0.29, 0.717) is 22.6 Å². The highest BCUT2D eigenvalue weighted by Gasteiger charge is 2.39. The lowest BCUT2D eigenvalue weighted by Gasteiger charge is -2.13. The third-order valence-electron chi connectivity index (χ3n) is 4.76. The number of hydrogen-bond donors (Lipinski definition) is 1. The van der Waals surface area contributed by atoms with Crippen LogP contribution in [0.5, 0.6) is 5.75 Å². The second kappa shape index (κ2) is 7.67. The number of hydrogen-bond acceptors (Lipinski definition) is 5. The van der Waals surface area contributed by atoms with Crippen LogP contribution >= 0.6 is 0 Å². The second-order valence-electron chi connectivity index (χ2n) is 6.75. The summed E-state index contributed by atoms with van der Waals surface area (Å²) in [5.41, 5.74) is 3.05. The molecule has 1 aromatic heterocycles. The van der Waals surface area contributed by atoms with Crippen LogP contribution in [0.2, 0.25) is 0 Å². The number of nitrogens with one attached hydrogen (secondary N) is 1. The SMILES string of the molecule is COc1ccc(C2=C(Nc3ccc(C)cc3)C(=O)N(Cc3ccco3)C2=O)cc1. The first-order valence-electron chi connectivity index (χ1n) is 9.18. The van der Waals surface area contributed by atoms with Crippen molar-refractivity contribution in [3.05, 3.63) is 89.5 Å². The van der Waals surface area contributed by atoms with Crippen LogP contribution < -0.4 is 10.1 Å². The molecule has 0 saturated carbocycles. The van der Waals surface area contributed by atoms with E-state index in [1.807, 2.05) is 31.2 Å². The molecule has 0 unspecified atom stereocenters. The van der Waals surface area contributed by atoms with E-state index in [2.05, 4.69) is 5.32 Å². The molecule has 0 spiro atoms. The van der Waals surface area contributed by atoms with Crippen molar-refractivity contribution < 1.29 is 18.7 Å². The number of rotatable bonds is 6. The molecule has 0 radical (unpaired) electrons. The van der Waals surface area contributed by atoms with Gasteiger partial charge in [-0.25, -0.2) is 0 Å². The minimum absolute atomic E-state index is 0.0728. The molecule has 6 nitrogen and oxygen atoms in total. The van der Waals surface area contributed by atoms with Crippen molar-refractivity contribution in [2.24, 2.45) is 0 Å². The molecule has 1 N–H and O–H groups in total. The molecule has 0 fully saturated rings. The lowest BCUT2D eigenvalue weighted by Crippen LogP contribution is -2.31. The summed E-state index contributed by atoms with van der Waals surface area (Å²) in [4.78, 5) is 27.5. The van der Waals surface area contributed by atoms with E-state index in [1.54, 1.807) is 43.5 Å². The third-order valence-corrected chi connectivity index (χ3v) is 4.76. The summed E-state index contributed by atoms with van der Waals surface area (Å²) in [6, 6.07) is 18.2. The number of carbonyl (C=O) groups excluding carboxylic acids is 2. The van der Waals surface area contributed by atoms with Crippen molar-refractivity contribution in [1.29, 1.82) is 0 Å². The molecule has 0 bridgehead atoms. The molecule has 2 heterocycles. The highest BCUT2D eigenvalue weighted by atomic mass is 16.5. The molecule has 6 heteroatoms. The zero-order valence-electron chi connectivity index (χ0n) is 16.1. The van der Waals surface area contributed by atoms with Gasteiger partial charge in [0.05, 0.1) is 25.5 Å². The fourth-order valence-electron chi connectivity index (χ4n) is 3.20.